The first-order chi connectivity index (χ1) is 40.3. The minimum Gasteiger partial charge on any atom is -0.481 e. The molecule has 0 rings (SSSR count). The zero-order chi connectivity index (χ0) is 62.6. The lowest BCUT2D eigenvalue weighted by Gasteiger charge is -2.24. The Morgan fingerprint density at radius 1 is 0.464 bits per heavy atom. The number of ketones is 5. The van der Waals surface area contributed by atoms with Gasteiger partial charge in [-0.1, -0.05) is 110 Å². The third-order valence-electron chi connectivity index (χ3n) is 14.6. The Hall–Kier alpha value is -5.07. The summed E-state index contributed by atoms with van der Waals surface area (Å²) < 4.78 is 21.6. The molecule has 0 saturated carbocycles. The second-order valence-corrected chi connectivity index (χ2v) is 22.0. The number of carbonyl (C=O) groups is 11. The van der Waals surface area contributed by atoms with Crippen molar-refractivity contribution in [3.8, 4) is 0 Å². The molecule has 84 heavy (non-hydrogen) atoms. The van der Waals surface area contributed by atoms with Gasteiger partial charge in [-0.25, -0.2) is 0 Å². The van der Waals surface area contributed by atoms with Crippen LogP contribution in [0, 0.1) is 17.8 Å². The van der Waals surface area contributed by atoms with Crippen LogP contribution in [0.15, 0.2) is 0 Å². The second kappa shape index (κ2) is 53.4. The molecule has 0 bridgehead atoms. The van der Waals surface area contributed by atoms with Gasteiger partial charge in [-0.2, -0.15) is 0 Å². The van der Waals surface area contributed by atoms with E-state index < -0.39 is 53.5 Å². The van der Waals surface area contributed by atoms with Gasteiger partial charge in [0.1, 0.15) is 24.8 Å². The lowest BCUT2D eigenvalue weighted by molar-refractivity contribution is -0.145. The SMILES string of the molecule is CCC(C)[C@H](NC(C)=O)C(=O)CN[C@@H](CCCCNC(=O)COCCOCCCC(=O)COCCOCCNC(=O)CCC(CC(=O)CCC(CC(=O)CCCCCCCCCCCCCCCCCCC(=O)O)C(=O)O)C(=O)O)C(=O)CN. The molecule has 0 spiro atoms. The van der Waals surface area contributed by atoms with E-state index in [0.29, 0.717) is 51.7 Å². The van der Waals surface area contributed by atoms with E-state index in [0.717, 1.165) is 44.9 Å². The molecule has 0 aliphatic rings. The van der Waals surface area contributed by atoms with Crippen LogP contribution in [-0.4, -0.2) is 171 Å². The standard InChI is InChI=1S/C61H107N5O18/c1-4-46(2)59(66-47(3)67)55(72)43-65-53(54(71)42-62)26-21-22-32-63-57(74)45-84-39-36-81-34-23-25-52(70)44-83-38-37-82-35-33-64-56(73)31-29-49(61(79)80)41-51(69)30-28-48(60(77)78)40-50(68)24-19-17-15-13-11-9-7-5-6-8-10-12-14-16-18-20-27-58(75)76/h46,48-49,53,59,65H,4-45,62H2,1-3H3,(H,63,74)(H,64,73)(H,66,67)(H,75,76)(H,77,78)(H,79,80)/t46?,48?,49?,53-,59-/m0/s1. The van der Waals surface area contributed by atoms with Gasteiger partial charge in [0, 0.05) is 71.6 Å². The number of carboxylic acid groups (broad SMARTS) is 3. The first-order valence-electron chi connectivity index (χ1n) is 31.1. The predicted molar refractivity (Wildman–Crippen MR) is 316 cm³/mol. The number of hydrogen-bond acceptors (Lipinski definition) is 17. The van der Waals surface area contributed by atoms with Gasteiger partial charge in [0.25, 0.3) is 0 Å². The van der Waals surface area contributed by atoms with Crippen molar-refractivity contribution in [3.05, 3.63) is 0 Å². The van der Waals surface area contributed by atoms with Crippen LogP contribution in [0.4, 0.5) is 0 Å². The summed E-state index contributed by atoms with van der Waals surface area (Å²) in [5.41, 5.74) is 5.58. The van der Waals surface area contributed by atoms with Crippen LogP contribution >= 0.6 is 0 Å². The number of unbranched alkanes of at least 4 members (excludes halogenated alkanes) is 16. The topological polar surface area (TPSA) is 360 Å². The van der Waals surface area contributed by atoms with Gasteiger partial charge in [-0.3, -0.25) is 52.7 Å². The van der Waals surface area contributed by atoms with Gasteiger partial charge in [0.15, 0.2) is 17.3 Å². The highest BCUT2D eigenvalue weighted by atomic mass is 16.5. The summed E-state index contributed by atoms with van der Waals surface area (Å²) in [5.74, 6) is -7.57. The normalized spacial score (nSPS) is 13.0. The summed E-state index contributed by atoms with van der Waals surface area (Å²) in [4.78, 5) is 133. The maximum absolute atomic E-state index is 12.8. The van der Waals surface area contributed by atoms with Crippen LogP contribution in [0.2, 0.25) is 0 Å². The van der Waals surface area contributed by atoms with E-state index in [1.807, 2.05) is 13.8 Å². The molecule has 0 radical (unpaired) electrons. The first kappa shape index (κ1) is 78.9. The highest BCUT2D eigenvalue weighted by Gasteiger charge is 2.28. The van der Waals surface area contributed by atoms with Crippen LogP contribution in [0.25, 0.3) is 0 Å². The molecule has 3 amide bonds. The quantitative estimate of drug-likeness (QED) is 0.0305. The van der Waals surface area contributed by atoms with Crippen LogP contribution < -0.4 is 27.0 Å². The summed E-state index contributed by atoms with van der Waals surface area (Å²) in [6.07, 6.45) is 20.0. The number of hydrogen-bond donors (Lipinski definition) is 8. The zero-order valence-corrected chi connectivity index (χ0v) is 51.1. The molecule has 0 aliphatic carbocycles. The van der Waals surface area contributed by atoms with Crippen molar-refractivity contribution in [1.82, 2.24) is 21.3 Å². The molecule has 0 heterocycles. The van der Waals surface area contributed by atoms with Gasteiger partial charge in [-0.05, 0) is 57.3 Å². The summed E-state index contributed by atoms with van der Waals surface area (Å²) in [5, 5.41) is 39.2. The Balaban J connectivity index is 4.00. The lowest BCUT2D eigenvalue weighted by atomic mass is 9.90. The number of Topliss-reactive ketones (excluding diaryl/α,β-unsaturated/α-hetero) is 5. The molecule has 9 N–H and O–H groups in total. The number of carbonyl (C=O) groups excluding carboxylic acids is 8. The van der Waals surface area contributed by atoms with Crippen LogP contribution in [-0.2, 0) is 71.7 Å². The van der Waals surface area contributed by atoms with Crippen molar-refractivity contribution in [2.75, 3.05) is 79.0 Å². The Bertz CT molecular complexity index is 1890. The second-order valence-electron chi connectivity index (χ2n) is 22.0. The molecule has 0 fully saturated rings. The molecular weight excluding hydrogens is 1090 g/mol. The maximum Gasteiger partial charge on any atom is 0.306 e. The van der Waals surface area contributed by atoms with E-state index in [-0.39, 0.29) is 165 Å². The molecule has 484 valence electrons. The van der Waals surface area contributed by atoms with E-state index in [1.54, 1.807) is 0 Å². The van der Waals surface area contributed by atoms with Gasteiger partial charge in [0.2, 0.25) is 17.7 Å². The molecule has 0 aliphatic heterocycles. The Kier molecular flexibility index (Phi) is 50.2. The number of nitrogens with one attached hydrogen (secondary N) is 4. The average molecular weight is 1200 g/mol. The monoisotopic (exact) mass is 1200 g/mol. The van der Waals surface area contributed by atoms with Crippen LogP contribution in [0.3, 0.4) is 0 Å². The minimum atomic E-state index is -1.24. The van der Waals surface area contributed by atoms with Crippen LogP contribution in [0.5, 0.6) is 0 Å². The highest BCUT2D eigenvalue weighted by molar-refractivity contribution is 5.91. The first-order valence-corrected chi connectivity index (χ1v) is 31.1. The molecule has 23 nitrogen and oxygen atoms in total. The third-order valence-corrected chi connectivity index (χ3v) is 14.6. The Labute approximate surface area is 499 Å². The number of nitrogens with two attached hydrogens (primary N) is 1. The Morgan fingerprint density at radius 3 is 1.46 bits per heavy atom. The van der Waals surface area contributed by atoms with E-state index in [4.69, 9.17) is 29.8 Å². The number of carboxylic acids is 3. The van der Waals surface area contributed by atoms with Crippen molar-refractivity contribution in [2.45, 2.75) is 225 Å². The fraction of sp³-hybridized carbons (Fsp3) is 0.820. The van der Waals surface area contributed by atoms with Crippen molar-refractivity contribution in [3.63, 3.8) is 0 Å². The number of ether oxygens (including phenoxy) is 4. The fourth-order valence-electron chi connectivity index (χ4n) is 9.28. The average Bonchev–Trinajstić information content (AvgIpc) is 3.49. The van der Waals surface area contributed by atoms with Crippen LogP contribution in [0.1, 0.15) is 213 Å². The van der Waals surface area contributed by atoms with Gasteiger partial charge >= 0.3 is 17.9 Å². The van der Waals surface area contributed by atoms with E-state index in [9.17, 15) is 63.0 Å². The van der Waals surface area contributed by atoms with Gasteiger partial charge in [0.05, 0.1) is 70.0 Å². The molecule has 0 aromatic heterocycles. The fourth-order valence-corrected chi connectivity index (χ4v) is 9.28. The molecular formula is C61H107N5O18. The molecule has 0 aromatic rings. The summed E-state index contributed by atoms with van der Waals surface area (Å²) in [6.45, 7) is 6.29. The van der Waals surface area contributed by atoms with Crippen molar-refractivity contribution in [2.24, 2.45) is 23.5 Å². The lowest BCUT2D eigenvalue weighted by Crippen LogP contribution is -2.50. The zero-order valence-electron chi connectivity index (χ0n) is 51.1. The number of amides is 3. The van der Waals surface area contributed by atoms with E-state index in [2.05, 4.69) is 21.3 Å². The van der Waals surface area contributed by atoms with Crippen molar-refractivity contribution >= 4 is 64.5 Å². The maximum atomic E-state index is 12.8. The predicted octanol–water partition coefficient (Wildman–Crippen LogP) is 6.40. The summed E-state index contributed by atoms with van der Waals surface area (Å²) >= 11 is 0. The van der Waals surface area contributed by atoms with Gasteiger partial charge in [-0.15, -0.1) is 0 Å². The summed E-state index contributed by atoms with van der Waals surface area (Å²) in [7, 11) is 0. The van der Waals surface area contributed by atoms with Crippen molar-refractivity contribution in [1.29, 1.82) is 0 Å². The van der Waals surface area contributed by atoms with Gasteiger partial charge < -0.3 is 61.3 Å². The molecule has 0 aromatic carbocycles. The largest absolute Gasteiger partial charge is 0.481 e. The third kappa shape index (κ3) is 47.2. The summed E-state index contributed by atoms with van der Waals surface area (Å²) in [6, 6.07) is -1.28. The van der Waals surface area contributed by atoms with E-state index in [1.165, 1.54) is 58.3 Å². The highest BCUT2D eigenvalue weighted by Crippen LogP contribution is 2.20. The smallest absolute Gasteiger partial charge is 0.306 e. The van der Waals surface area contributed by atoms with E-state index >= 15 is 0 Å². The Morgan fingerprint density at radius 2 is 0.940 bits per heavy atom. The molecule has 23 heteroatoms. The van der Waals surface area contributed by atoms with Crippen molar-refractivity contribution < 1.29 is 87.0 Å². The minimum absolute atomic E-state index is 0.0670. The molecule has 3 unspecified atom stereocenters. The molecule has 5 atom stereocenters. The number of rotatable bonds is 62. The molecule has 0 saturated heterocycles. The number of aliphatic carboxylic acids is 3.